The van der Waals surface area contributed by atoms with Gasteiger partial charge >= 0.3 is 5.97 Å². The maximum absolute atomic E-state index is 11.6. The minimum absolute atomic E-state index is 0.0146. The molecule has 0 aliphatic carbocycles. The Kier molecular flexibility index (Phi) is 2.97. The van der Waals surface area contributed by atoms with Crippen molar-refractivity contribution in [3.63, 3.8) is 0 Å². The number of ether oxygens (including phenoxy) is 1. The molecule has 3 heteroatoms. The van der Waals surface area contributed by atoms with E-state index in [2.05, 4.69) is 5.32 Å². The summed E-state index contributed by atoms with van der Waals surface area (Å²) in [6, 6.07) is 10.1. The van der Waals surface area contributed by atoms with Crippen LogP contribution in [0.25, 0.3) is 0 Å². The third-order valence-electron chi connectivity index (χ3n) is 2.98. The van der Waals surface area contributed by atoms with E-state index in [1.54, 1.807) is 0 Å². The quantitative estimate of drug-likeness (QED) is 0.789. The van der Waals surface area contributed by atoms with Crippen LogP contribution in [0.1, 0.15) is 25.8 Å². The van der Waals surface area contributed by atoms with Gasteiger partial charge in [-0.1, -0.05) is 30.3 Å². The van der Waals surface area contributed by atoms with E-state index in [0.29, 0.717) is 6.54 Å². The molecular weight excluding hydrogens is 202 g/mol. The fourth-order valence-electron chi connectivity index (χ4n) is 2.05. The summed E-state index contributed by atoms with van der Waals surface area (Å²) in [6.45, 7) is 4.52. The molecule has 1 aliphatic heterocycles. The Morgan fingerprint density at radius 1 is 1.44 bits per heavy atom. The molecule has 16 heavy (non-hydrogen) atoms. The minimum Gasteiger partial charge on any atom is -0.461 e. The molecule has 2 atom stereocenters. The molecule has 0 aromatic heterocycles. The van der Waals surface area contributed by atoms with E-state index in [0.717, 1.165) is 6.42 Å². The predicted molar refractivity (Wildman–Crippen MR) is 61.9 cm³/mol. The zero-order valence-corrected chi connectivity index (χ0v) is 9.69. The summed E-state index contributed by atoms with van der Waals surface area (Å²) in [5, 5.41) is 3.28. The van der Waals surface area contributed by atoms with Gasteiger partial charge in [0.1, 0.15) is 11.6 Å². The van der Waals surface area contributed by atoms with Gasteiger partial charge in [0.25, 0.3) is 0 Å². The van der Waals surface area contributed by atoms with Crippen LogP contribution in [0.5, 0.6) is 0 Å². The number of hydrogen-bond acceptors (Lipinski definition) is 3. The van der Waals surface area contributed by atoms with Crippen molar-refractivity contribution in [1.82, 2.24) is 5.32 Å². The Morgan fingerprint density at radius 3 is 2.69 bits per heavy atom. The van der Waals surface area contributed by atoms with Gasteiger partial charge in [-0.3, -0.25) is 10.1 Å². The lowest BCUT2D eigenvalue weighted by molar-refractivity contribution is -0.145. The highest BCUT2D eigenvalue weighted by atomic mass is 16.6. The molecule has 1 fully saturated rings. The van der Waals surface area contributed by atoms with Gasteiger partial charge in [-0.2, -0.15) is 0 Å². The van der Waals surface area contributed by atoms with E-state index < -0.39 is 5.54 Å². The number of cyclic esters (lactones) is 1. The van der Waals surface area contributed by atoms with Gasteiger partial charge in [0.2, 0.25) is 0 Å². The molecule has 0 amide bonds. The summed E-state index contributed by atoms with van der Waals surface area (Å²) in [7, 11) is 0. The summed E-state index contributed by atoms with van der Waals surface area (Å²) < 4.78 is 5.16. The lowest BCUT2D eigenvalue weighted by atomic mass is 9.98. The van der Waals surface area contributed by atoms with Crippen LogP contribution in [0.2, 0.25) is 0 Å². The fourth-order valence-corrected chi connectivity index (χ4v) is 2.05. The number of rotatable bonds is 3. The van der Waals surface area contributed by atoms with Gasteiger partial charge in [0.15, 0.2) is 0 Å². The first-order valence-corrected chi connectivity index (χ1v) is 5.60. The molecule has 0 bridgehead atoms. The SMILES string of the molecule is C[C@@H]1C[C@@](C)(NCc2ccccc2)C(=O)O1. The highest BCUT2D eigenvalue weighted by Gasteiger charge is 2.43. The topological polar surface area (TPSA) is 38.3 Å². The number of carbonyl (C=O) groups excluding carboxylic acids is 1. The summed E-state index contributed by atoms with van der Waals surface area (Å²) in [5.74, 6) is -0.143. The zero-order valence-electron chi connectivity index (χ0n) is 9.69. The Morgan fingerprint density at radius 2 is 2.12 bits per heavy atom. The second-order valence-electron chi connectivity index (χ2n) is 4.59. The van der Waals surface area contributed by atoms with Crippen molar-refractivity contribution < 1.29 is 9.53 Å². The van der Waals surface area contributed by atoms with E-state index in [-0.39, 0.29) is 12.1 Å². The van der Waals surface area contributed by atoms with Crippen molar-refractivity contribution >= 4 is 5.97 Å². The smallest absolute Gasteiger partial charge is 0.326 e. The molecule has 2 rings (SSSR count). The molecule has 0 unspecified atom stereocenters. The maximum atomic E-state index is 11.6. The third kappa shape index (κ3) is 2.25. The standard InChI is InChI=1S/C13H17NO2/c1-10-8-13(2,12(15)16-10)14-9-11-6-4-3-5-7-11/h3-7,10,14H,8-9H2,1-2H3/t10-,13-/m1/s1. The summed E-state index contributed by atoms with van der Waals surface area (Å²) >= 11 is 0. The fraction of sp³-hybridized carbons (Fsp3) is 0.462. The highest BCUT2D eigenvalue weighted by Crippen LogP contribution is 2.25. The predicted octanol–water partition coefficient (Wildman–Crippen LogP) is 1.87. The Balaban J connectivity index is 1.98. The van der Waals surface area contributed by atoms with Crippen LogP contribution in [-0.2, 0) is 16.1 Å². The van der Waals surface area contributed by atoms with Crippen LogP contribution in [0.4, 0.5) is 0 Å². The van der Waals surface area contributed by atoms with Crippen molar-refractivity contribution in [1.29, 1.82) is 0 Å². The number of benzene rings is 1. The van der Waals surface area contributed by atoms with Gasteiger partial charge in [0, 0.05) is 13.0 Å². The Bertz CT molecular complexity index is 377. The molecule has 1 aromatic carbocycles. The van der Waals surface area contributed by atoms with Gasteiger partial charge in [0.05, 0.1) is 0 Å². The van der Waals surface area contributed by atoms with E-state index in [1.807, 2.05) is 44.2 Å². The highest BCUT2D eigenvalue weighted by molar-refractivity contribution is 5.82. The molecule has 0 saturated carbocycles. The second kappa shape index (κ2) is 4.26. The van der Waals surface area contributed by atoms with Crippen molar-refractivity contribution in [2.24, 2.45) is 0 Å². The molecule has 0 radical (unpaired) electrons. The molecule has 1 aliphatic rings. The summed E-state index contributed by atoms with van der Waals surface area (Å²) in [5.41, 5.74) is 0.644. The van der Waals surface area contributed by atoms with Crippen LogP contribution in [0.15, 0.2) is 30.3 Å². The zero-order chi connectivity index (χ0) is 11.6. The van der Waals surface area contributed by atoms with Crippen LogP contribution in [0, 0.1) is 0 Å². The second-order valence-corrected chi connectivity index (χ2v) is 4.59. The molecule has 0 spiro atoms. The van der Waals surface area contributed by atoms with Crippen molar-refractivity contribution in [3.8, 4) is 0 Å². The number of hydrogen-bond donors (Lipinski definition) is 1. The van der Waals surface area contributed by atoms with Gasteiger partial charge in [-0.25, -0.2) is 0 Å². The maximum Gasteiger partial charge on any atom is 0.326 e. The first-order valence-electron chi connectivity index (χ1n) is 5.60. The van der Waals surface area contributed by atoms with Gasteiger partial charge in [-0.05, 0) is 19.4 Å². The average molecular weight is 219 g/mol. The van der Waals surface area contributed by atoms with Gasteiger partial charge in [-0.15, -0.1) is 0 Å². The van der Waals surface area contributed by atoms with E-state index in [4.69, 9.17) is 4.74 Å². The molecule has 1 heterocycles. The van der Waals surface area contributed by atoms with Crippen molar-refractivity contribution in [2.75, 3.05) is 0 Å². The monoisotopic (exact) mass is 219 g/mol. The molecule has 1 saturated heterocycles. The van der Waals surface area contributed by atoms with Crippen molar-refractivity contribution in [3.05, 3.63) is 35.9 Å². The largest absolute Gasteiger partial charge is 0.461 e. The van der Waals surface area contributed by atoms with Crippen LogP contribution in [-0.4, -0.2) is 17.6 Å². The first kappa shape index (κ1) is 11.1. The Labute approximate surface area is 95.8 Å². The number of nitrogens with one attached hydrogen (secondary N) is 1. The van der Waals surface area contributed by atoms with Crippen LogP contribution < -0.4 is 5.32 Å². The van der Waals surface area contributed by atoms with Crippen molar-refractivity contribution in [2.45, 2.75) is 38.5 Å². The summed E-state index contributed by atoms with van der Waals surface area (Å²) in [4.78, 5) is 11.6. The van der Waals surface area contributed by atoms with E-state index in [9.17, 15) is 4.79 Å². The average Bonchev–Trinajstić information content (AvgIpc) is 2.52. The lowest BCUT2D eigenvalue weighted by Crippen LogP contribution is -2.45. The number of esters is 1. The molecule has 1 aromatic rings. The number of carbonyl (C=O) groups is 1. The van der Waals surface area contributed by atoms with E-state index >= 15 is 0 Å². The van der Waals surface area contributed by atoms with E-state index in [1.165, 1.54) is 5.56 Å². The first-order chi connectivity index (χ1) is 7.60. The Hall–Kier alpha value is -1.35. The molecule has 3 nitrogen and oxygen atoms in total. The van der Waals surface area contributed by atoms with Gasteiger partial charge < -0.3 is 4.74 Å². The minimum atomic E-state index is -0.532. The van der Waals surface area contributed by atoms with Crippen LogP contribution >= 0.6 is 0 Å². The lowest BCUT2D eigenvalue weighted by Gasteiger charge is -2.20. The summed E-state index contributed by atoms with van der Waals surface area (Å²) in [6.07, 6.45) is 0.749. The molecule has 1 N–H and O–H groups in total. The normalized spacial score (nSPS) is 29.1. The molecular formula is C13H17NO2. The third-order valence-corrected chi connectivity index (χ3v) is 2.98. The molecule has 86 valence electrons. The van der Waals surface area contributed by atoms with Crippen LogP contribution in [0.3, 0.4) is 0 Å².